The predicted molar refractivity (Wildman–Crippen MR) is 114 cm³/mol. The number of nitrogens with zero attached hydrogens (tertiary/aromatic N) is 3. The lowest BCUT2D eigenvalue weighted by atomic mass is 10.2. The Morgan fingerprint density at radius 2 is 1.93 bits per heavy atom. The summed E-state index contributed by atoms with van der Waals surface area (Å²) in [7, 11) is 0. The summed E-state index contributed by atoms with van der Waals surface area (Å²) in [5.74, 6) is -0.403. The van der Waals surface area contributed by atoms with E-state index in [0.717, 1.165) is 4.57 Å². The van der Waals surface area contributed by atoms with Crippen molar-refractivity contribution >= 4 is 44.9 Å². The molecule has 0 radical (unpaired) electrons. The van der Waals surface area contributed by atoms with Crippen LogP contribution in [0.3, 0.4) is 0 Å². The van der Waals surface area contributed by atoms with Crippen LogP contribution < -0.4 is 16.6 Å². The van der Waals surface area contributed by atoms with E-state index in [9.17, 15) is 14.4 Å². The van der Waals surface area contributed by atoms with Gasteiger partial charge in [0.05, 0.1) is 17.4 Å². The van der Waals surface area contributed by atoms with Crippen LogP contribution in [0.2, 0.25) is 5.02 Å². The van der Waals surface area contributed by atoms with Crippen molar-refractivity contribution < 1.29 is 4.79 Å². The largest absolute Gasteiger partial charge is 0.332 e. The molecule has 0 saturated heterocycles. The van der Waals surface area contributed by atoms with E-state index in [-0.39, 0.29) is 13.1 Å². The van der Waals surface area contributed by atoms with E-state index in [1.54, 1.807) is 60.1 Å². The van der Waals surface area contributed by atoms with Gasteiger partial charge in [-0.25, -0.2) is 9.78 Å². The Balaban J connectivity index is 1.79. The van der Waals surface area contributed by atoms with Crippen LogP contribution in [0.15, 0.2) is 69.7 Å². The smallest absolute Gasteiger partial charge is 0.300 e. The number of thiazole rings is 1. The second-order valence-corrected chi connectivity index (χ2v) is 7.62. The van der Waals surface area contributed by atoms with Crippen molar-refractivity contribution in [3.8, 4) is 0 Å². The zero-order valence-corrected chi connectivity index (χ0v) is 16.6. The van der Waals surface area contributed by atoms with Gasteiger partial charge in [-0.1, -0.05) is 35.9 Å². The van der Waals surface area contributed by atoms with Gasteiger partial charge in [-0.05, 0) is 29.8 Å². The number of halogens is 1. The fourth-order valence-electron chi connectivity index (χ4n) is 3.07. The molecule has 7 nitrogen and oxygen atoms in total. The third kappa shape index (κ3) is 3.98. The number of para-hydroxylation sites is 1. The lowest BCUT2D eigenvalue weighted by Gasteiger charge is -2.14. The van der Waals surface area contributed by atoms with Gasteiger partial charge in [-0.3, -0.25) is 18.7 Å². The maximum absolute atomic E-state index is 13.1. The molecule has 0 saturated carbocycles. The normalized spacial score (nSPS) is 10.9. The highest BCUT2D eigenvalue weighted by molar-refractivity contribution is 7.13. The minimum absolute atomic E-state index is 0.0527. The third-order valence-electron chi connectivity index (χ3n) is 4.34. The van der Waals surface area contributed by atoms with E-state index in [4.69, 9.17) is 11.6 Å². The van der Waals surface area contributed by atoms with Gasteiger partial charge in [0, 0.05) is 16.6 Å². The molecule has 0 unspecified atom stereocenters. The van der Waals surface area contributed by atoms with E-state index in [1.165, 1.54) is 15.9 Å². The lowest BCUT2D eigenvalue weighted by molar-refractivity contribution is -0.116. The second-order valence-electron chi connectivity index (χ2n) is 6.29. The van der Waals surface area contributed by atoms with E-state index in [2.05, 4.69) is 10.3 Å². The number of amides is 1. The van der Waals surface area contributed by atoms with Gasteiger partial charge in [0.2, 0.25) is 5.91 Å². The highest BCUT2D eigenvalue weighted by Gasteiger charge is 2.16. The van der Waals surface area contributed by atoms with Gasteiger partial charge in [-0.2, -0.15) is 0 Å². The van der Waals surface area contributed by atoms with Gasteiger partial charge in [0.1, 0.15) is 6.54 Å². The van der Waals surface area contributed by atoms with E-state index in [0.29, 0.717) is 26.6 Å². The number of carbonyl (C=O) groups is 1. The highest BCUT2D eigenvalue weighted by Crippen LogP contribution is 2.13. The van der Waals surface area contributed by atoms with Gasteiger partial charge in [-0.15, -0.1) is 11.3 Å². The zero-order chi connectivity index (χ0) is 20.4. The number of fused-ring (bicyclic) bond motifs is 1. The van der Waals surface area contributed by atoms with Gasteiger partial charge >= 0.3 is 5.69 Å². The molecular formula is C20H15ClN4O3S. The molecule has 146 valence electrons. The fraction of sp³-hybridized carbons (Fsp3) is 0.100. The summed E-state index contributed by atoms with van der Waals surface area (Å²) in [6, 6.07) is 13.7. The van der Waals surface area contributed by atoms with Crippen molar-refractivity contribution in [3.05, 3.63) is 91.5 Å². The number of hydrogen-bond acceptors (Lipinski definition) is 5. The van der Waals surface area contributed by atoms with Crippen molar-refractivity contribution in [2.24, 2.45) is 0 Å². The number of nitrogens with one attached hydrogen (secondary N) is 1. The molecule has 0 aliphatic carbocycles. The molecule has 0 fully saturated rings. The van der Waals surface area contributed by atoms with Crippen molar-refractivity contribution in [3.63, 3.8) is 0 Å². The van der Waals surface area contributed by atoms with Crippen molar-refractivity contribution in [2.75, 3.05) is 5.32 Å². The number of benzene rings is 2. The molecule has 1 amide bonds. The van der Waals surface area contributed by atoms with Crippen molar-refractivity contribution in [1.29, 1.82) is 0 Å². The summed E-state index contributed by atoms with van der Waals surface area (Å²) < 4.78 is 2.41. The standard InChI is InChI=1S/C20H15ClN4O3S/c21-14-5-3-4-13(10-14)11-25-18(27)15-6-1-2-7-16(15)24(20(25)28)12-17(26)23-19-22-8-9-29-19/h1-10H,11-12H2,(H,22,23,26). The number of hydrogen-bond donors (Lipinski definition) is 1. The van der Waals surface area contributed by atoms with Crippen molar-refractivity contribution in [1.82, 2.24) is 14.1 Å². The van der Waals surface area contributed by atoms with Crippen LogP contribution in [0.25, 0.3) is 10.9 Å². The first-order chi connectivity index (χ1) is 14.0. The molecule has 9 heteroatoms. The minimum atomic E-state index is -0.567. The molecule has 0 bridgehead atoms. The Labute approximate surface area is 173 Å². The summed E-state index contributed by atoms with van der Waals surface area (Å²) in [6.45, 7) is -0.189. The Bertz CT molecular complexity index is 1310. The quantitative estimate of drug-likeness (QED) is 0.531. The molecule has 4 aromatic rings. The third-order valence-corrected chi connectivity index (χ3v) is 5.27. The molecular weight excluding hydrogens is 412 g/mol. The summed E-state index contributed by atoms with van der Waals surface area (Å²) in [5.41, 5.74) is 0.134. The zero-order valence-electron chi connectivity index (χ0n) is 15.0. The molecule has 2 heterocycles. The highest BCUT2D eigenvalue weighted by atomic mass is 35.5. The Hall–Kier alpha value is -3.23. The van der Waals surface area contributed by atoms with Crippen LogP contribution in [0.4, 0.5) is 5.13 Å². The number of rotatable bonds is 5. The van der Waals surface area contributed by atoms with Gasteiger partial charge < -0.3 is 5.32 Å². The Morgan fingerprint density at radius 1 is 1.10 bits per heavy atom. The average Bonchev–Trinajstić information content (AvgIpc) is 3.21. The van der Waals surface area contributed by atoms with E-state index >= 15 is 0 Å². The van der Waals surface area contributed by atoms with Crippen LogP contribution in [0.1, 0.15) is 5.56 Å². The van der Waals surface area contributed by atoms with Gasteiger partial charge in [0.25, 0.3) is 5.56 Å². The lowest BCUT2D eigenvalue weighted by Crippen LogP contribution is -2.42. The number of aromatic nitrogens is 3. The van der Waals surface area contributed by atoms with Crippen LogP contribution in [-0.2, 0) is 17.9 Å². The first kappa shape index (κ1) is 19.1. The number of anilines is 1. The first-order valence-electron chi connectivity index (χ1n) is 8.69. The minimum Gasteiger partial charge on any atom is -0.300 e. The Morgan fingerprint density at radius 3 is 2.69 bits per heavy atom. The molecule has 0 spiro atoms. The molecule has 0 aliphatic rings. The van der Waals surface area contributed by atoms with E-state index in [1.807, 2.05) is 0 Å². The Kier molecular flexibility index (Phi) is 5.28. The second kappa shape index (κ2) is 8.02. The molecule has 2 aromatic carbocycles. The average molecular weight is 427 g/mol. The maximum atomic E-state index is 13.1. The summed E-state index contributed by atoms with van der Waals surface area (Å²) >= 11 is 7.31. The molecule has 4 rings (SSSR count). The predicted octanol–water partition coefficient (Wildman–Crippen LogP) is 2.96. The van der Waals surface area contributed by atoms with Crippen LogP contribution >= 0.6 is 22.9 Å². The molecule has 29 heavy (non-hydrogen) atoms. The summed E-state index contributed by atoms with van der Waals surface area (Å²) in [6.07, 6.45) is 1.58. The van der Waals surface area contributed by atoms with Crippen molar-refractivity contribution in [2.45, 2.75) is 13.1 Å². The van der Waals surface area contributed by atoms with Crippen LogP contribution in [-0.4, -0.2) is 20.0 Å². The summed E-state index contributed by atoms with van der Waals surface area (Å²) in [5, 5.41) is 5.71. The molecule has 0 atom stereocenters. The topological polar surface area (TPSA) is 86.0 Å². The van der Waals surface area contributed by atoms with Crippen LogP contribution in [0, 0.1) is 0 Å². The monoisotopic (exact) mass is 426 g/mol. The number of carbonyl (C=O) groups excluding carboxylic acids is 1. The summed E-state index contributed by atoms with van der Waals surface area (Å²) in [4.78, 5) is 42.5. The van der Waals surface area contributed by atoms with E-state index < -0.39 is 17.2 Å². The fourth-order valence-corrected chi connectivity index (χ4v) is 3.83. The molecule has 2 aromatic heterocycles. The molecule has 1 N–H and O–H groups in total. The maximum Gasteiger partial charge on any atom is 0.332 e. The molecule has 0 aliphatic heterocycles. The SMILES string of the molecule is O=C(Cn1c(=O)n(Cc2cccc(Cl)c2)c(=O)c2ccccc21)Nc1nccs1. The first-order valence-corrected chi connectivity index (χ1v) is 9.95. The van der Waals surface area contributed by atoms with Gasteiger partial charge in [0.15, 0.2) is 5.13 Å². The van der Waals surface area contributed by atoms with Crippen LogP contribution in [0.5, 0.6) is 0 Å².